The maximum atomic E-state index is 5.87. The summed E-state index contributed by atoms with van der Waals surface area (Å²) in [5.74, 6) is 0. The summed E-state index contributed by atoms with van der Waals surface area (Å²) in [7, 11) is 0. The number of allylic oxidation sites excluding steroid dienone is 3. The summed E-state index contributed by atoms with van der Waals surface area (Å²) in [5, 5.41) is 0. The Bertz CT molecular complexity index is 1020. The number of thioether (sulfide) groups is 1. The van der Waals surface area contributed by atoms with Crippen molar-refractivity contribution in [3.05, 3.63) is 124 Å². The van der Waals surface area contributed by atoms with Gasteiger partial charge in [-0.1, -0.05) is 0 Å². The summed E-state index contributed by atoms with van der Waals surface area (Å²) >= 11 is 1.88. The van der Waals surface area contributed by atoms with E-state index in [4.69, 9.17) is 9.47 Å². The summed E-state index contributed by atoms with van der Waals surface area (Å²) in [6.07, 6.45) is 8.27. The molecule has 3 aromatic carbocycles. The zero-order valence-electron chi connectivity index (χ0n) is 19.1. The third-order valence-corrected chi connectivity index (χ3v) is 8.12. The molecule has 33 heavy (non-hydrogen) atoms. The second-order valence-electron chi connectivity index (χ2n) is 6.94. The molecule has 0 saturated carbocycles. The van der Waals surface area contributed by atoms with Crippen LogP contribution >= 0.6 is 11.8 Å². The van der Waals surface area contributed by atoms with Crippen molar-refractivity contribution < 1.29 is 9.47 Å². The minimum atomic E-state index is -0.376. The van der Waals surface area contributed by atoms with Crippen LogP contribution in [0, 0.1) is 0 Å². The quantitative estimate of drug-likeness (QED) is 0.115. The first-order chi connectivity index (χ1) is 16.3. The molecule has 0 radical (unpaired) electrons. The van der Waals surface area contributed by atoms with E-state index in [1.165, 1.54) is 19.4 Å². The number of ether oxygens (including phenoxy) is 2. The zero-order chi connectivity index (χ0) is 23.1. The summed E-state index contributed by atoms with van der Waals surface area (Å²) in [4.78, 5) is 2.35. The Kier molecular flexibility index (Phi) is 11.3. The maximum absolute atomic E-state index is 5.87. The van der Waals surface area contributed by atoms with Crippen molar-refractivity contribution in [2.75, 3.05) is 13.2 Å². The van der Waals surface area contributed by atoms with Crippen LogP contribution < -0.4 is 4.46 Å². The SMILES string of the molecule is CCOC(/C=C(Sc1ccccc1)/C(=C/C=C/c1ccccc1)[Se]c1ccccc1)OCC. The van der Waals surface area contributed by atoms with E-state index in [0.717, 1.165) is 4.91 Å². The fourth-order valence-electron chi connectivity index (χ4n) is 2.97. The number of rotatable bonds is 12. The van der Waals surface area contributed by atoms with Gasteiger partial charge >= 0.3 is 209 Å². The average molecular weight is 522 g/mol. The standard InChI is InChI=1S/C29H30O2SSe/c1-3-30-29(31-4-2)23-27(32-25-18-10-6-11-19-25)28(33-26-20-12-7-13-21-26)22-14-17-24-15-8-5-9-16-24/h5-23,29H,3-4H2,1-2H3/b17-14+,27-23-,28-22-. The van der Waals surface area contributed by atoms with E-state index < -0.39 is 0 Å². The van der Waals surface area contributed by atoms with Gasteiger partial charge in [0.15, 0.2) is 0 Å². The topological polar surface area (TPSA) is 18.5 Å². The second-order valence-corrected chi connectivity index (χ2v) is 10.4. The Morgan fingerprint density at radius 3 is 2.00 bits per heavy atom. The van der Waals surface area contributed by atoms with Crippen molar-refractivity contribution in [1.29, 1.82) is 0 Å². The molecule has 0 atom stereocenters. The molecule has 0 aliphatic heterocycles. The summed E-state index contributed by atoms with van der Waals surface area (Å²) < 4.78 is 14.4. The molecular formula is C29H30O2SSe. The molecule has 0 heterocycles. The molecule has 0 bridgehead atoms. The van der Waals surface area contributed by atoms with Crippen LogP contribution in [-0.4, -0.2) is 34.5 Å². The van der Waals surface area contributed by atoms with Crippen LogP contribution in [-0.2, 0) is 9.47 Å². The molecule has 3 rings (SSSR count). The van der Waals surface area contributed by atoms with Crippen LogP contribution in [0.3, 0.4) is 0 Å². The second kappa shape index (κ2) is 14.7. The van der Waals surface area contributed by atoms with E-state index in [-0.39, 0.29) is 21.2 Å². The minimum absolute atomic E-state index is 0.124. The first kappa shape index (κ1) is 25.3. The number of benzene rings is 3. The van der Waals surface area contributed by atoms with E-state index >= 15 is 0 Å². The van der Waals surface area contributed by atoms with E-state index in [1.807, 2.05) is 26.0 Å². The van der Waals surface area contributed by atoms with E-state index in [2.05, 4.69) is 103 Å². The Morgan fingerprint density at radius 2 is 1.39 bits per heavy atom. The molecule has 0 aliphatic carbocycles. The predicted molar refractivity (Wildman–Crippen MR) is 143 cm³/mol. The van der Waals surface area contributed by atoms with Crippen molar-refractivity contribution in [3.8, 4) is 0 Å². The monoisotopic (exact) mass is 522 g/mol. The molecule has 0 saturated heterocycles. The molecule has 0 aliphatic rings. The van der Waals surface area contributed by atoms with Crippen molar-refractivity contribution >= 4 is 37.3 Å². The molecule has 4 heteroatoms. The van der Waals surface area contributed by atoms with Gasteiger partial charge in [0.2, 0.25) is 0 Å². The Hall–Kier alpha value is -2.33. The van der Waals surface area contributed by atoms with Gasteiger partial charge in [-0.25, -0.2) is 0 Å². The molecule has 3 aromatic rings. The van der Waals surface area contributed by atoms with E-state index in [0.29, 0.717) is 13.2 Å². The van der Waals surface area contributed by atoms with Gasteiger partial charge in [-0.2, -0.15) is 0 Å². The molecule has 2 nitrogen and oxygen atoms in total. The van der Waals surface area contributed by atoms with E-state index in [1.54, 1.807) is 11.8 Å². The molecule has 0 aromatic heterocycles. The normalized spacial score (nSPS) is 12.6. The van der Waals surface area contributed by atoms with Gasteiger partial charge in [0.1, 0.15) is 0 Å². The van der Waals surface area contributed by atoms with Gasteiger partial charge in [-0.3, -0.25) is 0 Å². The van der Waals surface area contributed by atoms with Crippen LogP contribution in [0.15, 0.2) is 123 Å². The fraction of sp³-hybridized carbons (Fsp3) is 0.172. The first-order valence-corrected chi connectivity index (χ1v) is 13.7. The molecule has 0 N–H and O–H groups in total. The van der Waals surface area contributed by atoms with Gasteiger partial charge < -0.3 is 0 Å². The number of hydrogen-bond donors (Lipinski definition) is 0. The average Bonchev–Trinajstić information content (AvgIpc) is 2.85. The van der Waals surface area contributed by atoms with Crippen molar-refractivity contribution in [1.82, 2.24) is 0 Å². The van der Waals surface area contributed by atoms with Gasteiger partial charge in [-0.15, -0.1) is 0 Å². The van der Waals surface area contributed by atoms with Crippen LogP contribution in [0.1, 0.15) is 19.4 Å². The number of hydrogen-bond acceptors (Lipinski definition) is 3. The summed E-state index contributed by atoms with van der Waals surface area (Å²) in [6.45, 7) is 5.19. The molecule has 170 valence electrons. The van der Waals surface area contributed by atoms with Crippen molar-refractivity contribution in [3.63, 3.8) is 0 Å². The van der Waals surface area contributed by atoms with Crippen LogP contribution in [0.2, 0.25) is 0 Å². The molecule has 0 spiro atoms. The van der Waals surface area contributed by atoms with Crippen LogP contribution in [0.5, 0.6) is 0 Å². The molecular weight excluding hydrogens is 491 g/mol. The first-order valence-electron chi connectivity index (χ1n) is 11.1. The molecule has 0 amide bonds. The Labute approximate surface area is 208 Å². The van der Waals surface area contributed by atoms with E-state index in [9.17, 15) is 0 Å². The molecule has 0 fully saturated rings. The van der Waals surface area contributed by atoms with Crippen molar-refractivity contribution in [2.45, 2.75) is 25.0 Å². The van der Waals surface area contributed by atoms with Gasteiger partial charge in [0.25, 0.3) is 0 Å². The van der Waals surface area contributed by atoms with Gasteiger partial charge in [0.05, 0.1) is 0 Å². The summed E-state index contributed by atoms with van der Waals surface area (Å²) in [5.41, 5.74) is 1.18. The van der Waals surface area contributed by atoms with Crippen LogP contribution in [0.25, 0.3) is 6.08 Å². The summed E-state index contributed by atoms with van der Waals surface area (Å²) in [6, 6.07) is 31.5. The third-order valence-electron chi connectivity index (χ3n) is 4.47. The van der Waals surface area contributed by atoms with Crippen molar-refractivity contribution in [2.24, 2.45) is 0 Å². The predicted octanol–water partition coefficient (Wildman–Crippen LogP) is 6.69. The zero-order valence-corrected chi connectivity index (χ0v) is 21.6. The fourth-order valence-corrected chi connectivity index (χ4v) is 6.15. The van der Waals surface area contributed by atoms with Gasteiger partial charge in [-0.05, 0) is 0 Å². The molecule has 0 unspecified atom stereocenters. The van der Waals surface area contributed by atoms with Gasteiger partial charge in [0, 0.05) is 0 Å². The van der Waals surface area contributed by atoms with Crippen LogP contribution in [0.4, 0.5) is 0 Å². The third kappa shape index (κ3) is 9.21. The Balaban J connectivity index is 2.00. The Morgan fingerprint density at radius 1 is 0.818 bits per heavy atom.